The minimum atomic E-state index is -2.19. The summed E-state index contributed by atoms with van der Waals surface area (Å²) in [5.74, 6) is 0.563. The molecule has 0 unspecified atom stereocenters. The van der Waals surface area contributed by atoms with Crippen molar-refractivity contribution in [3.8, 4) is 16.9 Å². The predicted molar refractivity (Wildman–Crippen MR) is 104 cm³/mol. The van der Waals surface area contributed by atoms with Crippen molar-refractivity contribution in [2.75, 3.05) is 6.61 Å². The molecule has 1 radical (unpaired) electrons. The summed E-state index contributed by atoms with van der Waals surface area (Å²) < 4.78 is 32.2. The normalized spacial score (nSPS) is 10.2. The summed E-state index contributed by atoms with van der Waals surface area (Å²) in [7, 11) is -2.19. The van der Waals surface area contributed by atoms with Gasteiger partial charge in [0.1, 0.15) is 17.6 Å². The maximum absolute atomic E-state index is 12.8. The molecule has 3 aromatic rings. The number of hydrogen-bond donors (Lipinski definition) is 0. The molecule has 0 aliphatic heterocycles. The molecule has 2 aromatic carbocycles. The van der Waals surface area contributed by atoms with Gasteiger partial charge in [0, 0.05) is 46.9 Å². The van der Waals surface area contributed by atoms with Crippen molar-refractivity contribution in [1.82, 2.24) is 0 Å². The standard InChI is InChI=1S/C19H16O5S.Na/c1-13-17(23-10-5-11-25(21)22)9-8-15-18(20)16(12-24-19(13)15)14-6-3-2-4-7-14;/h2-4,6-9,11-12H,5,10H2,1H3;. The van der Waals surface area contributed by atoms with Crippen molar-refractivity contribution >= 4 is 56.2 Å². The maximum Gasteiger partial charge on any atom is 0.210 e. The van der Waals surface area contributed by atoms with Gasteiger partial charge in [-0.25, -0.2) is 0 Å². The first-order chi connectivity index (χ1) is 12.1. The Bertz CT molecular complexity index is 1090. The van der Waals surface area contributed by atoms with Crippen LogP contribution in [-0.4, -0.2) is 49.9 Å². The van der Waals surface area contributed by atoms with Gasteiger partial charge in [-0.15, -0.1) is 0 Å². The number of ether oxygens (including phenoxy) is 1. The molecule has 0 fully saturated rings. The first-order valence-corrected chi connectivity index (χ1v) is 8.86. The molecule has 3 rings (SSSR count). The number of fused-ring (bicyclic) bond motifs is 1. The van der Waals surface area contributed by atoms with Gasteiger partial charge in [0.2, 0.25) is 15.7 Å². The molecule has 1 aromatic heterocycles. The van der Waals surface area contributed by atoms with Crippen LogP contribution >= 0.6 is 0 Å². The van der Waals surface area contributed by atoms with Crippen LogP contribution in [0.5, 0.6) is 5.75 Å². The molecular weight excluding hydrogens is 363 g/mol. The van der Waals surface area contributed by atoms with E-state index in [1.54, 1.807) is 19.1 Å². The van der Waals surface area contributed by atoms with Crippen LogP contribution in [0.25, 0.3) is 22.1 Å². The zero-order valence-electron chi connectivity index (χ0n) is 14.6. The minimum Gasteiger partial charge on any atom is -0.493 e. The van der Waals surface area contributed by atoms with Crippen molar-refractivity contribution < 1.29 is 17.6 Å². The smallest absolute Gasteiger partial charge is 0.210 e. The quantitative estimate of drug-likeness (QED) is 0.387. The molecule has 0 amide bonds. The van der Waals surface area contributed by atoms with Crippen molar-refractivity contribution in [2.45, 2.75) is 13.3 Å². The monoisotopic (exact) mass is 379 g/mol. The first kappa shape index (κ1) is 20.5. The third-order valence-corrected chi connectivity index (χ3v) is 4.36. The Labute approximate surface area is 174 Å². The molecule has 7 heteroatoms. The SMILES string of the molecule is Cc1c(OCCC=S(=O)=O)ccc2c(=O)c(-c3ccccc3)coc12.[Na]. The molecule has 26 heavy (non-hydrogen) atoms. The average Bonchev–Trinajstić information content (AvgIpc) is 2.61. The van der Waals surface area contributed by atoms with Crippen molar-refractivity contribution in [3.05, 3.63) is 64.5 Å². The molecule has 5 nitrogen and oxygen atoms in total. The Kier molecular flexibility index (Phi) is 7.23. The maximum atomic E-state index is 12.8. The number of benzene rings is 2. The predicted octanol–water partition coefficient (Wildman–Crippen LogP) is 2.84. The van der Waals surface area contributed by atoms with Crippen LogP contribution in [0.15, 0.2) is 57.9 Å². The summed E-state index contributed by atoms with van der Waals surface area (Å²) in [6, 6.07) is 12.7. The summed E-state index contributed by atoms with van der Waals surface area (Å²) in [5.41, 5.74) is 2.39. The average molecular weight is 379 g/mol. The zero-order valence-corrected chi connectivity index (χ0v) is 17.4. The Morgan fingerprint density at radius 1 is 1.12 bits per heavy atom. The van der Waals surface area contributed by atoms with E-state index in [2.05, 4.69) is 0 Å². The van der Waals surface area contributed by atoms with Gasteiger partial charge in [-0.1, -0.05) is 30.3 Å². The van der Waals surface area contributed by atoms with Gasteiger partial charge in [0.25, 0.3) is 0 Å². The summed E-state index contributed by atoms with van der Waals surface area (Å²) in [6.45, 7) is 2.03. The largest absolute Gasteiger partial charge is 0.493 e. The molecule has 0 saturated carbocycles. The van der Waals surface area contributed by atoms with E-state index in [9.17, 15) is 13.2 Å². The van der Waals surface area contributed by atoms with Crippen LogP contribution < -0.4 is 10.2 Å². The molecule has 0 saturated heterocycles. The van der Waals surface area contributed by atoms with Gasteiger partial charge < -0.3 is 9.15 Å². The van der Waals surface area contributed by atoms with E-state index >= 15 is 0 Å². The number of rotatable bonds is 5. The Balaban J connectivity index is 0.00000243. The Morgan fingerprint density at radius 3 is 2.54 bits per heavy atom. The van der Waals surface area contributed by atoms with E-state index in [0.717, 1.165) is 10.9 Å². The van der Waals surface area contributed by atoms with Crippen LogP contribution in [0.2, 0.25) is 0 Å². The van der Waals surface area contributed by atoms with Crippen molar-refractivity contribution in [2.24, 2.45) is 0 Å². The van der Waals surface area contributed by atoms with Gasteiger partial charge in [0.15, 0.2) is 0 Å². The van der Waals surface area contributed by atoms with E-state index in [-0.39, 0.29) is 48.0 Å². The van der Waals surface area contributed by atoms with E-state index in [0.29, 0.717) is 27.8 Å². The second-order valence-corrected chi connectivity index (χ2v) is 6.33. The fourth-order valence-corrected chi connectivity index (χ4v) is 2.90. The fraction of sp³-hybridized carbons (Fsp3) is 0.158. The molecule has 0 bridgehead atoms. The fourth-order valence-electron chi connectivity index (χ4n) is 2.61. The van der Waals surface area contributed by atoms with Crippen LogP contribution in [0.4, 0.5) is 0 Å². The summed E-state index contributed by atoms with van der Waals surface area (Å²) in [5, 5.41) is 1.63. The van der Waals surface area contributed by atoms with Gasteiger partial charge >= 0.3 is 0 Å². The van der Waals surface area contributed by atoms with E-state index in [1.807, 2.05) is 30.3 Å². The minimum absolute atomic E-state index is 0. The van der Waals surface area contributed by atoms with Crippen LogP contribution in [0.3, 0.4) is 0 Å². The molecule has 1 heterocycles. The summed E-state index contributed by atoms with van der Waals surface area (Å²) >= 11 is 0. The third-order valence-electron chi connectivity index (χ3n) is 3.85. The van der Waals surface area contributed by atoms with Crippen LogP contribution in [-0.2, 0) is 10.3 Å². The molecule has 0 N–H and O–H groups in total. The van der Waals surface area contributed by atoms with Crippen LogP contribution in [0, 0.1) is 6.92 Å². The zero-order chi connectivity index (χ0) is 17.8. The molecule has 0 aliphatic carbocycles. The molecule has 129 valence electrons. The summed E-state index contributed by atoms with van der Waals surface area (Å²) in [4.78, 5) is 12.8. The summed E-state index contributed by atoms with van der Waals surface area (Å²) in [6.07, 6.45) is 1.75. The van der Waals surface area contributed by atoms with Crippen molar-refractivity contribution in [3.63, 3.8) is 0 Å². The van der Waals surface area contributed by atoms with E-state index < -0.39 is 10.3 Å². The Hall–Kier alpha value is -1.86. The Morgan fingerprint density at radius 2 is 1.85 bits per heavy atom. The van der Waals surface area contributed by atoms with Crippen LogP contribution in [0.1, 0.15) is 12.0 Å². The molecular formula is C19H16NaO5S. The number of aryl methyl sites for hydroxylation is 1. The van der Waals surface area contributed by atoms with Gasteiger partial charge in [0.05, 0.1) is 17.6 Å². The van der Waals surface area contributed by atoms with Gasteiger partial charge in [-0.2, -0.15) is 8.42 Å². The van der Waals surface area contributed by atoms with Crippen molar-refractivity contribution in [1.29, 1.82) is 0 Å². The van der Waals surface area contributed by atoms with Gasteiger partial charge in [-0.3, -0.25) is 4.79 Å². The van der Waals surface area contributed by atoms with E-state index in [4.69, 9.17) is 9.15 Å². The second-order valence-electron chi connectivity index (χ2n) is 5.47. The third kappa shape index (κ3) is 4.45. The first-order valence-electron chi connectivity index (χ1n) is 7.72. The molecule has 0 aliphatic rings. The topological polar surface area (TPSA) is 73.6 Å². The molecule has 0 spiro atoms. The second kappa shape index (κ2) is 9.19. The number of hydrogen-bond acceptors (Lipinski definition) is 5. The molecule has 0 atom stereocenters. The van der Waals surface area contributed by atoms with E-state index in [1.165, 1.54) is 6.26 Å². The van der Waals surface area contributed by atoms with Gasteiger partial charge in [-0.05, 0) is 24.6 Å².